The van der Waals surface area contributed by atoms with E-state index in [2.05, 4.69) is 10.6 Å². The number of carbonyl (C=O) groups excluding carboxylic acids is 2. The first-order valence-electron chi connectivity index (χ1n) is 14.7. The molecule has 2 amide bonds. The lowest BCUT2D eigenvalue weighted by Gasteiger charge is -2.17. The third kappa shape index (κ3) is 8.23. The monoisotopic (exact) mass is 692 g/mol. The van der Waals surface area contributed by atoms with Gasteiger partial charge < -0.3 is 24.4 Å². The fraction of sp³-hybridized carbons (Fsp3) is 0. The number of nitrogens with one attached hydrogen (secondary N) is 2. The fourth-order valence-corrected chi connectivity index (χ4v) is 5.04. The van der Waals surface area contributed by atoms with Gasteiger partial charge in [-0.25, -0.2) is 9.59 Å². The van der Waals surface area contributed by atoms with Gasteiger partial charge in [-0.2, -0.15) is 0 Å². The van der Waals surface area contributed by atoms with Crippen LogP contribution in [0.25, 0.3) is 22.3 Å². The molecule has 0 bridgehead atoms. The molecule has 49 heavy (non-hydrogen) atoms. The second-order valence-corrected chi connectivity index (χ2v) is 11.4. The molecule has 244 valence electrons. The van der Waals surface area contributed by atoms with Crippen molar-refractivity contribution in [1.82, 2.24) is 0 Å². The molecule has 6 rings (SSSR count). The summed E-state index contributed by atoms with van der Waals surface area (Å²) >= 11 is 11.9. The van der Waals surface area contributed by atoms with Gasteiger partial charge in [-0.05, 0) is 96.1 Å². The van der Waals surface area contributed by atoms with Gasteiger partial charge in [0, 0.05) is 32.5 Å². The van der Waals surface area contributed by atoms with Gasteiger partial charge in [-0.15, -0.1) is 0 Å². The van der Waals surface area contributed by atoms with E-state index in [0.29, 0.717) is 43.7 Å². The molecule has 0 aliphatic rings. The molecule has 0 fully saturated rings. The van der Waals surface area contributed by atoms with Crippen molar-refractivity contribution in [2.45, 2.75) is 0 Å². The maximum absolute atomic E-state index is 13.0. The minimum Gasteiger partial charge on any atom is -0.507 e. The van der Waals surface area contributed by atoms with Crippen molar-refractivity contribution in [3.63, 3.8) is 0 Å². The third-order valence-electron chi connectivity index (χ3n) is 7.12. The van der Waals surface area contributed by atoms with Crippen LogP contribution in [0.4, 0.5) is 21.0 Å². The highest BCUT2D eigenvalue weighted by molar-refractivity contribution is 6.31. The highest BCUT2D eigenvalue weighted by Crippen LogP contribution is 2.42. The second-order valence-electron chi connectivity index (χ2n) is 10.5. The number of phenols is 2. The van der Waals surface area contributed by atoms with E-state index in [1.807, 2.05) is 0 Å². The van der Waals surface area contributed by atoms with Crippen molar-refractivity contribution in [2.75, 3.05) is 10.6 Å². The van der Waals surface area contributed by atoms with Crippen molar-refractivity contribution in [2.24, 2.45) is 0 Å². The molecule has 0 radical (unpaired) electrons. The Kier molecular flexibility index (Phi) is 9.85. The van der Waals surface area contributed by atoms with Gasteiger partial charge in [-0.1, -0.05) is 71.7 Å². The SMILES string of the molecule is O=C(Nc1ccc(Cl)cc1)Oc1cc(-c2ccccc2O)ccc1Oc1ccc(-c2ccccc2O)cc1OC(=O)Nc1ccc(Cl)cc1. The van der Waals surface area contributed by atoms with Crippen LogP contribution >= 0.6 is 23.2 Å². The van der Waals surface area contributed by atoms with E-state index < -0.39 is 12.2 Å². The van der Waals surface area contributed by atoms with E-state index in [1.165, 1.54) is 24.3 Å². The quantitative estimate of drug-likeness (QED) is 0.125. The third-order valence-corrected chi connectivity index (χ3v) is 7.63. The lowest BCUT2D eigenvalue weighted by Crippen LogP contribution is -2.17. The Morgan fingerprint density at radius 2 is 0.878 bits per heavy atom. The van der Waals surface area contributed by atoms with Gasteiger partial charge in [0.05, 0.1) is 0 Å². The summed E-state index contributed by atoms with van der Waals surface area (Å²) in [7, 11) is 0. The summed E-state index contributed by atoms with van der Waals surface area (Å²) in [6, 6.07) is 35.9. The number of hydrogen-bond donors (Lipinski definition) is 4. The van der Waals surface area contributed by atoms with Crippen molar-refractivity contribution in [1.29, 1.82) is 0 Å². The Morgan fingerprint density at radius 1 is 0.490 bits per heavy atom. The van der Waals surface area contributed by atoms with Crippen LogP contribution in [-0.2, 0) is 0 Å². The van der Waals surface area contributed by atoms with Gasteiger partial charge in [0.2, 0.25) is 0 Å². The number of carbonyl (C=O) groups is 2. The maximum atomic E-state index is 13.0. The Bertz CT molecular complexity index is 1990. The van der Waals surface area contributed by atoms with Crippen LogP contribution in [0.2, 0.25) is 10.0 Å². The van der Waals surface area contributed by atoms with Crippen LogP contribution in [0.5, 0.6) is 34.5 Å². The number of aromatic hydroxyl groups is 2. The predicted molar refractivity (Wildman–Crippen MR) is 189 cm³/mol. The van der Waals surface area contributed by atoms with Gasteiger partial charge >= 0.3 is 12.2 Å². The molecule has 0 aliphatic carbocycles. The Balaban J connectivity index is 1.36. The fourth-order valence-electron chi connectivity index (χ4n) is 4.79. The highest BCUT2D eigenvalue weighted by Gasteiger charge is 2.19. The number of para-hydroxylation sites is 2. The minimum atomic E-state index is -0.824. The van der Waals surface area contributed by atoms with Crippen LogP contribution in [0.15, 0.2) is 133 Å². The molecule has 6 aromatic carbocycles. The number of rotatable bonds is 8. The van der Waals surface area contributed by atoms with Crippen molar-refractivity contribution in [3.05, 3.63) is 144 Å². The van der Waals surface area contributed by atoms with Crippen molar-refractivity contribution >= 4 is 46.8 Å². The van der Waals surface area contributed by atoms with Crippen molar-refractivity contribution < 1.29 is 34.0 Å². The molecule has 0 aromatic heterocycles. The molecule has 6 aromatic rings. The number of amides is 2. The molecular formula is C38H26Cl2N2O7. The van der Waals surface area contributed by atoms with E-state index in [4.69, 9.17) is 37.4 Å². The Morgan fingerprint density at radius 3 is 1.27 bits per heavy atom. The summed E-state index contributed by atoms with van der Waals surface area (Å²) in [6.07, 6.45) is -1.65. The average molecular weight is 694 g/mol. The number of ether oxygens (including phenoxy) is 3. The Hall–Kier alpha value is -6.16. The zero-order chi connectivity index (χ0) is 34.3. The van der Waals surface area contributed by atoms with Crippen LogP contribution < -0.4 is 24.8 Å². The van der Waals surface area contributed by atoms with E-state index in [1.54, 1.807) is 109 Å². The summed E-state index contributed by atoms with van der Waals surface area (Å²) in [5.41, 5.74) is 2.94. The first-order chi connectivity index (χ1) is 23.7. The summed E-state index contributed by atoms with van der Waals surface area (Å²) in [5.74, 6) is 0.208. The Labute approximate surface area is 290 Å². The van der Waals surface area contributed by atoms with Gasteiger partial charge in [-0.3, -0.25) is 10.6 Å². The molecule has 0 saturated heterocycles. The van der Waals surface area contributed by atoms with E-state index >= 15 is 0 Å². The molecule has 0 saturated carbocycles. The first-order valence-corrected chi connectivity index (χ1v) is 15.5. The molecule has 0 spiro atoms. The molecule has 11 heteroatoms. The highest BCUT2D eigenvalue weighted by atomic mass is 35.5. The minimum absolute atomic E-state index is 0.00596. The van der Waals surface area contributed by atoms with Gasteiger partial charge in [0.25, 0.3) is 0 Å². The van der Waals surface area contributed by atoms with E-state index in [0.717, 1.165) is 0 Å². The molecule has 0 atom stereocenters. The lowest BCUT2D eigenvalue weighted by atomic mass is 10.0. The van der Waals surface area contributed by atoms with Crippen LogP contribution in [-0.4, -0.2) is 22.4 Å². The normalized spacial score (nSPS) is 10.6. The standard InChI is InChI=1S/C38H26Cl2N2O7/c39-25-11-15-27(16-12-25)41-37(45)48-35-21-23(29-5-1-3-7-31(29)43)9-19-33(35)47-34-20-10-24(30-6-2-4-8-32(30)44)22-36(34)49-38(46)42-28-17-13-26(40)14-18-28/h1-22,43-44H,(H,41,45)(H,42,46). The topological polar surface area (TPSA) is 126 Å². The van der Waals surface area contributed by atoms with Gasteiger partial charge in [0.1, 0.15) is 11.5 Å². The van der Waals surface area contributed by atoms with E-state index in [9.17, 15) is 19.8 Å². The van der Waals surface area contributed by atoms with Crippen molar-refractivity contribution in [3.8, 4) is 56.8 Å². The zero-order valence-electron chi connectivity index (χ0n) is 25.4. The maximum Gasteiger partial charge on any atom is 0.417 e. The molecule has 0 heterocycles. The molecule has 4 N–H and O–H groups in total. The lowest BCUT2D eigenvalue weighted by molar-refractivity contribution is 0.212. The first kappa shape index (κ1) is 32.8. The predicted octanol–water partition coefficient (Wildman–Crippen LogP) is 10.8. The summed E-state index contributed by atoms with van der Waals surface area (Å²) in [4.78, 5) is 26.1. The zero-order valence-corrected chi connectivity index (χ0v) is 26.9. The van der Waals surface area contributed by atoms with Gasteiger partial charge in [0.15, 0.2) is 23.0 Å². The molecule has 0 aliphatic heterocycles. The molecular weight excluding hydrogens is 667 g/mol. The van der Waals surface area contributed by atoms with Crippen LogP contribution in [0.3, 0.4) is 0 Å². The van der Waals surface area contributed by atoms with Crippen LogP contribution in [0.1, 0.15) is 0 Å². The number of phenolic OH excluding ortho intramolecular Hbond substituents is 2. The summed E-state index contributed by atoms with van der Waals surface area (Å²) in [6.45, 7) is 0. The number of anilines is 2. The number of halogens is 2. The summed E-state index contributed by atoms with van der Waals surface area (Å²) in [5, 5.41) is 27.3. The second kappa shape index (κ2) is 14.7. The number of benzene rings is 6. The molecule has 0 unspecified atom stereocenters. The largest absolute Gasteiger partial charge is 0.507 e. The number of hydrogen-bond acceptors (Lipinski definition) is 7. The smallest absolute Gasteiger partial charge is 0.417 e. The summed E-state index contributed by atoms with van der Waals surface area (Å²) < 4.78 is 17.7. The van der Waals surface area contributed by atoms with E-state index in [-0.39, 0.29) is 34.5 Å². The average Bonchev–Trinajstić information content (AvgIpc) is 3.09. The molecule has 9 nitrogen and oxygen atoms in total. The van der Waals surface area contributed by atoms with Crippen LogP contribution in [0, 0.1) is 0 Å².